The first kappa shape index (κ1) is 20.1. The van der Waals surface area contributed by atoms with Crippen LogP contribution in [0, 0.1) is 0 Å². The van der Waals surface area contributed by atoms with Crippen molar-refractivity contribution in [2.75, 3.05) is 33.4 Å². The minimum Gasteiger partial charge on any atom is -0.496 e. The zero-order chi connectivity index (χ0) is 19.3. The van der Waals surface area contributed by atoms with Crippen molar-refractivity contribution in [1.82, 2.24) is 9.62 Å². The number of carbonyl (C=O) groups excluding carboxylic acids is 1. The van der Waals surface area contributed by atoms with Crippen LogP contribution in [0.15, 0.2) is 23.1 Å². The number of sulfonamides is 1. The number of carbonyl (C=O) groups is 1. The first-order chi connectivity index (χ1) is 13.0. The lowest BCUT2D eigenvalue weighted by Gasteiger charge is -2.27. The van der Waals surface area contributed by atoms with Gasteiger partial charge in [-0.15, -0.1) is 0 Å². The second-order valence-electron chi connectivity index (χ2n) is 7.08. The number of benzene rings is 1. The van der Waals surface area contributed by atoms with Crippen LogP contribution in [0.3, 0.4) is 0 Å². The highest BCUT2D eigenvalue weighted by atomic mass is 32.2. The molecule has 1 heterocycles. The van der Waals surface area contributed by atoms with Crippen molar-refractivity contribution in [3.8, 4) is 5.75 Å². The number of rotatable bonds is 5. The van der Waals surface area contributed by atoms with E-state index < -0.39 is 10.0 Å². The van der Waals surface area contributed by atoms with Gasteiger partial charge in [-0.05, 0) is 31.0 Å². The second-order valence-corrected chi connectivity index (χ2v) is 8.79. The topological polar surface area (TPSA) is 84.9 Å². The Hall–Kier alpha value is -1.64. The van der Waals surface area contributed by atoms with Crippen LogP contribution in [-0.2, 0) is 14.8 Å². The Morgan fingerprint density at radius 1 is 1.15 bits per heavy atom. The van der Waals surface area contributed by atoms with Gasteiger partial charge in [-0.25, -0.2) is 13.1 Å². The van der Waals surface area contributed by atoms with Gasteiger partial charge in [0.05, 0.1) is 30.8 Å². The summed E-state index contributed by atoms with van der Waals surface area (Å²) >= 11 is 0. The molecule has 1 aromatic rings. The highest BCUT2D eigenvalue weighted by Crippen LogP contribution is 2.26. The van der Waals surface area contributed by atoms with Crippen LogP contribution >= 0.6 is 0 Å². The van der Waals surface area contributed by atoms with E-state index in [0.717, 1.165) is 38.5 Å². The molecule has 3 rings (SSSR count). The molecule has 2 fully saturated rings. The summed E-state index contributed by atoms with van der Waals surface area (Å²) in [6, 6.07) is 4.43. The number of ether oxygens (including phenoxy) is 2. The van der Waals surface area contributed by atoms with Gasteiger partial charge < -0.3 is 14.4 Å². The second kappa shape index (κ2) is 9.03. The highest BCUT2D eigenvalue weighted by Gasteiger charge is 2.26. The van der Waals surface area contributed by atoms with Crippen molar-refractivity contribution in [2.24, 2.45) is 0 Å². The van der Waals surface area contributed by atoms with E-state index in [9.17, 15) is 13.2 Å². The number of hydrogen-bond donors (Lipinski definition) is 1. The first-order valence-electron chi connectivity index (χ1n) is 9.58. The molecule has 0 spiro atoms. The molecule has 8 heteroatoms. The summed E-state index contributed by atoms with van der Waals surface area (Å²) in [5, 5.41) is 0. The average molecular weight is 397 g/mol. The van der Waals surface area contributed by atoms with Gasteiger partial charge >= 0.3 is 0 Å². The summed E-state index contributed by atoms with van der Waals surface area (Å²) in [5.74, 6) is 0.140. The van der Waals surface area contributed by atoms with E-state index in [4.69, 9.17) is 9.47 Å². The Morgan fingerprint density at radius 3 is 2.44 bits per heavy atom. The highest BCUT2D eigenvalue weighted by molar-refractivity contribution is 7.89. The van der Waals surface area contributed by atoms with Gasteiger partial charge in [0.25, 0.3) is 5.91 Å². The third-order valence-electron chi connectivity index (χ3n) is 5.19. The minimum absolute atomic E-state index is 0.0435. The number of morpholine rings is 1. The van der Waals surface area contributed by atoms with Gasteiger partial charge in [-0.2, -0.15) is 0 Å². The summed E-state index contributed by atoms with van der Waals surface area (Å²) in [4.78, 5) is 14.6. The maximum absolute atomic E-state index is 12.9. The molecule has 27 heavy (non-hydrogen) atoms. The molecule has 1 N–H and O–H groups in total. The average Bonchev–Trinajstić information content (AvgIpc) is 2.95. The molecule has 0 atom stereocenters. The van der Waals surface area contributed by atoms with Crippen molar-refractivity contribution in [2.45, 2.75) is 49.5 Å². The summed E-state index contributed by atoms with van der Waals surface area (Å²) in [5.41, 5.74) is 0.267. The molecule has 0 unspecified atom stereocenters. The molecule has 1 saturated heterocycles. The van der Waals surface area contributed by atoms with E-state index in [2.05, 4.69) is 4.72 Å². The van der Waals surface area contributed by atoms with Gasteiger partial charge in [0.2, 0.25) is 10.0 Å². The lowest BCUT2D eigenvalue weighted by atomic mass is 10.1. The third-order valence-corrected chi connectivity index (χ3v) is 6.71. The summed E-state index contributed by atoms with van der Waals surface area (Å²) in [6.45, 7) is 1.93. The molecule has 1 aliphatic carbocycles. The quantitative estimate of drug-likeness (QED) is 0.771. The lowest BCUT2D eigenvalue weighted by Crippen LogP contribution is -2.41. The molecule has 0 aromatic heterocycles. The monoisotopic (exact) mass is 396 g/mol. The van der Waals surface area contributed by atoms with Gasteiger partial charge in [0.1, 0.15) is 5.75 Å². The lowest BCUT2D eigenvalue weighted by molar-refractivity contribution is 0.0300. The van der Waals surface area contributed by atoms with Crippen LogP contribution in [0.4, 0.5) is 0 Å². The predicted molar refractivity (Wildman–Crippen MR) is 102 cm³/mol. The van der Waals surface area contributed by atoms with E-state index >= 15 is 0 Å². The zero-order valence-corrected chi connectivity index (χ0v) is 16.6. The van der Waals surface area contributed by atoms with E-state index in [0.29, 0.717) is 32.1 Å². The molecule has 7 nitrogen and oxygen atoms in total. The summed E-state index contributed by atoms with van der Waals surface area (Å²) in [6.07, 6.45) is 6.09. The standard InChI is InChI=1S/C19H28N2O5S/c1-25-18-9-8-16(14-17(18)19(22)21-10-12-26-13-11-21)27(23,24)20-15-6-4-2-3-5-7-15/h8-9,14-15,20H,2-7,10-13H2,1H3. The fourth-order valence-corrected chi connectivity index (χ4v) is 4.97. The van der Waals surface area contributed by atoms with Crippen molar-refractivity contribution in [1.29, 1.82) is 0 Å². The molecule has 150 valence electrons. The van der Waals surface area contributed by atoms with Gasteiger partial charge in [-0.1, -0.05) is 25.7 Å². The molecule has 0 radical (unpaired) electrons. The predicted octanol–water partition coefficient (Wildman–Crippen LogP) is 2.17. The van der Waals surface area contributed by atoms with Crippen molar-refractivity contribution >= 4 is 15.9 Å². The van der Waals surface area contributed by atoms with E-state index in [1.165, 1.54) is 19.2 Å². The number of nitrogens with one attached hydrogen (secondary N) is 1. The number of methoxy groups -OCH3 is 1. The smallest absolute Gasteiger partial charge is 0.257 e. The largest absolute Gasteiger partial charge is 0.496 e. The van der Waals surface area contributed by atoms with E-state index in [1.807, 2.05) is 0 Å². The molecule has 1 saturated carbocycles. The summed E-state index contributed by atoms with van der Waals surface area (Å²) in [7, 11) is -2.21. The molecule has 1 amide bonds. The fourth-order valence-electron chi connectivity index (χ4n) is 3.64. The maximum Gasteiger partial charge on any atom is 0.257 e. The van der Waals surface area contributed by atoms with Crippen molar-refractivity contribution in [3.05, 3.63) is 23.8 Å². The Labute approximate surface area is 161 Å². The molecular weight excluding hydrogens is 368 g/mol. The Balaban J connectivity index is 1.83. The first-order valence-corrected chi connectivity index (χ1v) is 11.1. The van der Waals surface area contributed by atoms with E-state index in [1.54, 1.807) is 11.0 Å². The molecular formula is C19H28N2O5S. The minimum atomic E-state index is -3.69. The van der Waals surface area contributed by atoms with Crippen LogP contribution in [-0.4, -0.2) is 58.7 Å². The molecule has 0 bridgehead atoms. The van der Waals surface area contributed by atoms with E-state index in [-0.39, 0.29) is 22.4 Å². The maximum atomic E-state index is 12.9. The van der Waals surface area contributed by atoms with Gasteiger partial charge in [-0.3, -0.25) is 4.79 Å². The Bertz CT molecular complexity index is 751. The fraction of sp³-hybridized carbons (Fsp3) is 0.632. The summed E-state index contributed by atoms with van der Waals surface area (Å²) < 4.78 is 39.1. The number of hydrogen-bond acceptors (Lipinski definition) is 5. The molecule has 1 aromatic carbocycles. The Kier molecular flexibility index (Phi) is 6.73. The Morgan fingerprint density at radius 2 is 1.81 bits per heavy atom. The van der Waals surface area contributed by atoms with Crippen LogP contribution in [0.1, 0.15) is 48.9 Å². The SMILES string of the molecule is COc1ccc(S(=O)(=O)NC2CCCCCC2)cc1C(=O)N1CCOCC1. The third kappa shape index (κ3) is 5.00. The zero-order valence-electron chi connectivity index (χ0n) is 15.8. The molecule has 2 aliphatic rings. The van der Waals surface area contributed by atoms with Crippen molar-refractivity contribution < 1.29 is 22.7 Å². The van der Waals surface area contributed by atoms with Crippen LogP contribution < -0.4 is 9.46 Å². The van der Waals surface area contributed by atoms with Gasteiger partial charge in [0, 0.05) is 19.1 Å². The van der Waals surface area contributed by atoms with Crippen molar-refractivity contribution in [3.63, 3.8) is 0 Å². The number of amides is 1. The normalized spacial score (nSPS) is 19.5. The number of nitrogens with zero attached hydrogens (tertiary/aromatic N) is 1. The molecule has 1 aliphatic heterocycles. The van der Waals surface area contributed by atoms with Crippen LogP contribution in [0.2, 0.25) is 0 Å². The van der Waals surface area contributed by atoms with Gasteiger partial charge in [0.15, 0.2) is 0 Å². The van der Waals surface area contributed by atoms with Crippen LogP contribution in [0.5, 0.6) is 5.75 Å². The van der Waals surface area contributed by atoms with Crippen LogP contribution in [0.25, 0.3) is 0 Å².